The van der Waals surface area contributed by atoms with Gasteiger partial charge < -0.3 is 10.2 Å². The summed E-state index contributed by atoms with van der Waals surface area (Å²) in [7, 11) is 0. The lowest BCUT2D eigenvalue weighted by molar-refractivity contribution is -0.181. The van der Waals surface area contributed by atoms with Gasteiger partial charge >= 0.3 is 5.97 Å². The Morgan fingerprint density at radius 3 is 2.54 bits per heavy atom. The van der Waals surface area contributed by atoms with E-state index in [0.717, 1.165) is 57.8 Å². The van der Waals surface area contributed by atoms with Crippen molar-refractivity contribution >= 4 is 17.6 Å². The van der Waals surface area contributed by atoms with Crippen molar-refractivity contribution in [1.82, 2.24) is 0 Å². The Labute approximate surface area is 150 Å². The molecule has 4 fully saturated rings. The Kier molecular flexibility index (Phi) is 3.66. The van der Waals surface area contributed by atoms with Crippen LogP contribution in [0.2, 0.25) is 0 Å². The molecule has 4 rings (SSSR count). The molecule has 4 saturated carbocycles. The van der Waals surface area contributed by atoms with E-state index in [-0.39, 0.29) is 16.7 Å². The van der Waals surface area contributed by atoms with E-state index in [9.17, 15) is 15.0 Å². The van der Waals surface area contributed by atoms with Crippen LogP contribution in [0.4, 0.5) is 0 Å². The second-order valence-corrected chi connectivity index (χ2v) is 10.2. The van der Waals surface area contributed by atoms with E-state index in [1.807, 2.05) is 6.92 Å². The summed E-state index contributed by atoms with van der Waals surface area (Å²) in [5.41, 5.74) is -0.960. The lowest BCUT2D eigenvalue weighted by Gasteiger charge is -2.63. The molecule has 24 heavy (non-hydrogen) atoms. The molecule has 0 heterocycles. The number of carbonyl (C=O) groups is 1. The van der Waals surface area contributed by atoms with E-state index in [1.54, 1.807) is 0 Å². The minimum absolute atomic E-state index is 0.103. The molecule has 0 radical (unpaired) electrons. The first-order valence-electron chi connectivity index (χ1n) is 9.72. The normalized spacial score (nSPS) is 56.4. The number of hydrogen-bond acceptors (Lipinski definition) is 2. The van der Waals surface area contributed by atoms with Crippen molar-refractivity contribution in [3.63, 3.8) is 0 Å². The molecule has 2 bridgehead atoms. The van der Waals surface area contributed by atoms with Crippen molar-refractivity contribution in [2.75, 3.05) is 5.88 Å². The van der Waals surface area contributed by atoms with Crippen molar-refractivity contribution < 1.29 is 15.0 Å². The van der Waals surface area contributed by atoms with Gasteiger partial charge in [0.25, 0.3) is 0 Å². The van der Waals surface area contributed by atoms with E-state index in [1.165, 1.54) is 0 Å². The summed E-state index contributed by atoms with van der Waals surface area (Å²) < 4.78 is 0. The number of fused-ring (bicyclic) bond motifs is 3. The highest BCUT2D eigenvalue weighted by molar-refractivity contribution is 6.18. The number of halogens is 1. The maximum absolute atomic E-state index is 12.1. The van der Waals surface area contributed by atoms with Crippen LogP contribution >= 0.6 is 11.6 Å². The summed E-state index contributed by atoms with van der Waals surface area (Å²) in [6.07, 6.45) is 9.21. The summed E-state index contributed by atoms with van der Waals surface area (Å²) in [6.45, 7) is 4.37. The second-order valence-electron chi connectivity index (χ2n) is 9.98. The average Bonchev–Trinajstić information content (AvgIpc) is 2.73. The molecular weight excluding hydrogens is 324 g/mol. The molecule has 0 aliphatic heterocycles. The molecule has 4 aliphatic carbocycles. The quantitative estimate of drug-likeness (QED) is 0.720. The summed E-state index contributed by atoms with van der Waals surface area (Å²) in [5.74, 6) is 0.913. The van der Waals surface area contributed by atoms with Crippen molar-refractivity contribution in [2.24, 2.45) is 34.0 Å². The number of carboxylic acid groups (broad SMARTS) is 1. The first-order chi connectivity index (χ1) is 11.2. The molecule has 4 aliphatic rings. The predicted octanol–water partition coefficient (Wildman–Crippen LogP) is 4.45. The number of carboxylic acids is 1. The van der Waals surface area contributed by atoms with Crippen LogP contribution in [0.3, 0.4) is 0 Å². The van der Waals surface area contributed by atoms with Gasteiger partial charge in [0.15, 0.2) is 0 Å². The number of aliphatic hydroxyl groups is 1. The summed E-state index contributed by atoms with van der Waals surface area (Å²) in [6, 6.07) is 0. The average molecular weight is 355 g/mol. The van der Waals surface area contributed by atoms with Crippen molar-refractivity contribution in [2.45, 2.75) is 77.2 Å². The minimum atomic E-state index is -0.690. The summed E-state index contributed by atoms with van der Waals surface area (Å²) in [5, 5.41) is 21.0. The van der Waals surface area contributed by atoms with E-state index in [4.69, 9.17) is 11.6 Å². The number of rotatable bonds is 2. The Bertz CT molecular complexity index is 565. The third-order valence-electron chi connectivity index (χ3n) is 9.04. The highest BCUT2D eigenvalue weighted by atomic mass is 35.5. The third kappa shape index (κ3) is 1.97. The largest absolute Gasteiger partial charge is 0.481 e. The van der Waals surface area contributed by atoms with Gasteiger partial charge in [-0.2, -0.15) is 0 Å². The molecule has 0 aromatic rings. The first-order valence-corrected chi connectivity index (χ1v) is 10.3. The molecule has 4 heteroatoms. The van der Waals surface area contributed by atoms with E-state index in [0.29, 0.717) is 17.7 Å². The highest BCUT2D eigenvalue weighted by Crippen LogP contribution is 2.72. The first kappa shape index (κ1) is 17.1. The Balaban J connectivity index is 1.73. The molecule has 7 atom stereocenters. The van der Waals surface area contributed by atoms with Crippen molar-refractivity contribution in [1.29, 1.82) is 0 Å². The number of aliphatic carboxylic acids is 1. The molecule has 3 nitrogen and oxygen atoms in total. The predicted molar refractivity (Wildman–Crippen MR) is 94.0 cm³/mol. The van der Waals surface area contributed by atoms with Crippen LogP contribution in [0.5, 0.6) is 0 Å². The zero-order valence-corrected chi connectivity index (χ0v) is 15.7. The second kappa shape index (κ2) is 5.13. The Morgan fingerprint density at radius 1 is 1.12 bits per heavy atom. The number of hydrogen-bond donors (Lipinski definition) is 2. The zero-order valence-electron chi connectivity index (χ0n) is 15.0. The van der Waals surface area contributed by atoms with Crippen LogP contribution in [0.1, 0.15) is 71.6 Å². The fourth-order valence-corrected chi connectivity index (χ4v) is 8.35. The highest BCUT2D eigenvalue weighted by Gasteiger charge is 2.68. The van der Waals surface area contributed by atoms with Gasteiger partial charge in [-0.3, -0.25) is 4.79 Å². The molecular formula is C20H31ClO3. The monoisotopic (exact) mass is 354 g/mol. The van der Waals surface area contributed by atoms with E-state index >= 15 is 0 Å². The topological polar surface area (TPSA) is 57.5 Å². The van der Waals surface area contributed by atoms with Crippen LogP contribution < -0.4 is 0 Å². The zero-order chi connectivity index (χ0) is 17.4. The van der Waals surface area contributed by atoms with Gasteiger partial charge in [-0.1, -0.05) is 13.3 Å². The Hall–Kier alpha value is -0.280. The molecule has 1 spiro atoms. The SMILES string of the molecule is C[C@@]12CCC[C@@](C)(C(=O)O)[C@H]1CC[C@@]13C[C@@H](CC[C@H]12)[C@](O)(CCl)C3. The van der Waals surface area contributed by atoms with Crippen LogP contribution in [0, 0.1) is 34.0 Å². The molecule has 0 saturated heterocycles. The summed E-state index contributed by atoms with van der Waals surface area (Å²) in [4.78, 5) is 12.1. The van der Waals surface area contributed by atoms with Gasteiger partial charge in [0.05, 0.1) is 16.9 Å². The molecule has 0 unspecified atom stereocenters. The van der Waals surface area contributed by atoms with E-state index < -0.39 is 17.0 Å². The molecule has 0 aromatic carbocycles. The van der Waals surface area contributed by atoms with Gasteiger partial charge in [-0.05, 0) is 86.9 Å². The standard InChI is InChI=1S/C20H31ClO3/c1-17-7-3-8-18(2,16(22)23)14(17)6-9-19-10-13(4-5-15(17)19)20(24,11-19)12-21/h13-15,24H,3-12H2,1-2H3,(H,22,23)/t13-,14+,15+,17-,18-,19+,20-/m1/s1. The van der Waals surface area contributed by atoms with Gasteiger partial charge in [0, 0.05) is 0 Å². The minimum Gasteiger partial charge on any atom is -0.481 e. The summed E-state index contributed by atoms with van der Waals surface area (Å²) >= 11 is 6.17. The van der Waals surface area contributed by atoms with Gasteiger partial charge in [0.2, 0.25) is 0 Å². The molecule has 2 N–H and O–H groups in total. The number of alkyl halides is 1. The van der Waals surface area contributed by atoms with Crippen LogP contribution in [-0.4, -0.2) is 27.7 Å². The smallest absolute Gasteiger partial charge is 0.309 e. The lowest BCUT2D eigenvalue weighted by atomic mass is 9.41. The van der Waals surface area contributed by atoms with E-state index in [2.05, 4.69) is 6.92 Å². The maximum atomic E-state index is 12.1. The van der Waals surface area contributed by atoms with Crippen LogP contribution in [0.15, 0.2) is 0 Å². The van der Waals surface area contributed by atoms with Crippen molar-refractivity contribution in [3.05, 3.63) is 0 Å². The van der Waals surface area contributed by atoms with Crippen molar-refractivity contribution in [3.8, 4) is 0 Å². The van der Waals surface area contributed by atoms with Gasteiger partial charge in [0.1, 0.15) is 0 Å². The maximum Gasteiger partial charge on any atom is 0.309 e. The third-order valence-corrected chi connectivity index (χ3v) is 9.50. The van der Waals surface area contributed by atoms with Crippen LogP contribution in [0.25, 0.3) is 0 Å². The van der Waals surface area contributed by atoms with Gasteiger partial charge in [-0.15, -0.1) is 11.6 Å². The molecule has 0 aromatic heterocycles. The van der Waals surface area contributed by atoms with Gasteiger partial charge in [-0.25, -0.2) is 0 Å². The lowest BCUT2D eigenvalue weighted by Crippen LogP contribution is -2.58. The fraction of sp³-hybridized carbons (Fsp3) is 0.950. The van der Waals surface area contributed by atoms with Crippen LogP contribution in [-0.2, 0) is 4.79 Å². The fourth-order valence-electron chi connectivity index (χ4n) is 8.03. The molecule has 136 valence electrons. The molecule has 0 amide bonds. The Morgan fingerprint density at radius 2 is 1.88 bits per heavy atom.